The fourth-order valence-electron chi connectivity index (χ4n) is 0.851. The number of hydrogen-bond donors (Lipinski definition) is 2. The van der Waals surface area contributed by atoms with Gasteiger partial charge in [0.05, 0.1) is 18.3 Å². The van der Waals surface area contributed by atoms with Crippen molar-refractivity contribution in [3.05, 3.63) is 0 Å². The topological polar surface area (TPSA) is 41.5 Å². The summed E-state index contributed by atoms with van der Waals surface area (Å²) >= 11 is 0. The van der Waals surface area contributed by atoms with Gasteiger partial charge in [-0.05, 0) is 33.7 Å². The van der Waals surface area contributed by atoms with Gasteiger partial charge in [-0.15, -0.1) is 0 Å². The van der Waals surface area contributed by atoms with Crippen LogP contribution in [0.4, 0.5) is 0 Å². The highest BCUT2D eigenvalue weighted by atomic mass is 16.5. The molecule has 0 spiro atoms. The molecule has 2 N–H and O–H groups in total. The Labute approximate surface area is 81.5 Å². The molecule has 0 saturated carbocycles. The molecule has 3 nitrogen and oxygen atoms in total. The molecule has 0 rings (SSSR count). The second-order valence-corrected chi connectivity index (χ2v) is 4.28. The normalized spacial score (nSPS) is 14.5. The van der Waals surface area contributed by atoms with Gasteiger partial charge in [0.15, 0.2) is 0 Å². The first kappa shape index (κ1) is 12.9. The van der Waals surface area contributed by atoms with Crippen LogP contribution in [0.25, 0.3) is 0 Å². The van der Waals surface area contributed by atoms with Crippen molar-refractivity contribution >= 4 is 0 Å². The van der Waals surface area contributed by atoms with Gasteiger partial charge in [0.25, 0.3) is 0 Å². The van der Waals surface area contributed by atoms with Gasteiger partial charge in [-0.2, -0.15) is 0 Å². The molecule has 0 aromatic heterocycles. The maximum absolute atomic E-state index is 9.45. The highest BCUT2D eigenvalue weighted by Gasteiger charge is 2.12. The summed E-state index contributed by atoms with van der Waals surface area (Å²) in [5.41, 5.74) is -0.161. The molecule has 1 atom stereocenters. The van der Waals surface area contributed by atoms with Crippen LogP contribution in [0.1, 0.15) is 34.1 Å². The summed E-state index contributed by atoms with van der Waals surface area (Å²) in [5, 5.41) is 12.6. The predicted octanol–water partition coefficient (Wildman–Crippen LogP) is 1.16. The van der Waals surface area contributed by atoms with Gasteiger partial charge >= 0.3 is 0 Å². The zero-order valence-electron chi connectivity index (χ0n) is 9.26. The zero-order valence-corrected chi connectivity index (χ0v) is 9.26. The molecule has 0 aliphatic rings. The van der Waals surface area contributed by atoms with Crippen LogP contribution >= 0.6 is 0 Å². The van der Waals surface area contributed by atoms with E-state index in [0.717, 1.165) is 13.0 Å². The predicted molar refractivity (Wildman–Crippen MR) is 54.9 cm³/mol. The largest absolute Gasteiger partial charge is 0.389 e. The van der Waals surface area contributed by atoms with Crippen LogP contribution in [0.3, 0.4) is 0 Å². The van der Waals surface area contributed by atoms with Crippen molar-refractivity contribution in [1.82, 2.24) is 5.32 Å². The fourth-order valence-corrected chi connectivity index (χ4v) is 0.851. The minimum Gasteiger partial charge on any atom is -0.389 e. The molecule has 0 heterocycles. The van der Waals surface area contributed by atoms with Crippen LogP contribution in [0.2, 0.25) is 0 Å². The van der Waals surface area contributed by atoms with E-state index in [1.165, 1.54) is 0 Å². The number of hydrogen-bond acceptors (Lipinski definition) is 3. The Morgan fingerprint density at radius 3 is 2.46 bits per heavy atom. The van der Waals surface area contributed by atoms with Gasteiger partial charge in [0.1, 0.15) is 0 Å². The lowest BCUT2D eigenvalue weighted by atomic mass is 10.2. The van der Waals surface area contributed by atoms with Crippen LogP contribution in [-0.4, -0.2) is 36.5 Å². The molecule has 80 valence electrons. The van der Waals surface area contributed by atoms with Gasteiger partial charge in [-0.25, -0.2) is 0 Å². The van der Waals surface area contributed by atoms with Crippen molar-refractivity contribution in [3.63, 3.8) is 0 Å². The van der Waals surface area contributed by atoms with Crippen LogP contribution in [0.15, 0.2) is 0 Å². The van der Waals surface area contributed by atoms with Crippen molar-refractivity contribution in [1.29, 1.82) is 0 Å². The van der Waals surface area contributed by atoms with E-state index in [4.69, 9.17) is 4.74 Å². The van der Waals surface area contributed by atoms with Crippen molar-refractivity contribution in [2.75, 3.05) is 19.7 Å². The van der Waals surface area contributed by atoms with Gasteiger partial charge in [0.2, 0.25) is 0 Å². The average Bonchev–Trinajstić information content (AvgIpc) is 2.00. The summed E-state index contributed by atoms with van der Waals surface area (Å²) in [7, 11) is 0. The highest BCUT2D eigenvalue weighted by Crippen LogP contribution is 2.06. The Bertz CT molecular complexity index is 121. The standard InChI is InChI=1S/C10H23NO2/c1-5-6-11-7-9(12)8-13-10(2,3)4/h9,11-12H,5-8H2,1-4H3. The summed E-state index contributed by atoms with van der Waals surface area (Å²) in [4.78, 5) is 0. The molecule has 1 unspecified atom stereocenters. The van der Waals surface area contributed by atoms with Crippen LogP contribution in [-0.2, 0) is 4.74 Å². The molecule has 3 heteroatoms. The first-order chi connectivity index (χ1) is 5.95. The van der Waals surface area contributed by atoms with Crippen molar-refractivity contribution < 1.29 is 9.84 Å². The number of ether oxygens (including phenoxy) is 1. The molecule has 0 fully saturated rings. The summed E-state index contributed by atoms with van der Waals surface area (Å²) < 4.78 is 5.43. The lowest BCUT2D eigenvalue weighted by Crippen LogP contribution is -2.34. The Balaban J connectivity index is 3.35. The van der Waals surface area contributed by atoms with Crippen LogP contribution in [0.5, 0.6) is 0 Å². The summed E-state index contributed by atoms with van der Waals surface area (Å²) in [6.45, 7) is 10.0. The highest BCUT2D eigenvalue weighted by molar-refractivity contribution is 4.63. The van der Waals surface area contributed by atoms with E-state index in [9.17, 15) is 5.11 Å². The van der Waals surface area contributed by atoms with E-state index < -0.39 is 6.10 Å². The van der Waals surface area contributed by atoms with Crippen molar-refractivity contribution in [2.24, 2.45) is 0 Å². The Morgan fingerprint density at radius 1 is 1.38 bits per heavy atom. The van der Waals surface area contributed by atoms with E-state index in [-0.39, 0.29) is 5.60 Å². The third kappa shape index (κ3) is 9.80. The quantitative estimate of drug-likeness (QED) is 0.616. The van der Waals surface area contributed by atoms with E-state index in [1.54, 1.807) is 0 Å². The zero-order chi connectivity index (χ0) is 10.3. The van der Waals surface area contributed by atoms with Crippen molar-refractivity contribution in [2.45, 2.75) is 45.8 Å². The molecule has 0 amide bonds. The van der Waals surface area contributed by atoms with Crippen LogP contribution in [0, 0.1) is 0 Å². The SMILES string of the molecule is CCCNCC(O)COC(C)(C)C. The van der Waals surface area contributed by atoms with Gasteiger partial charge in [-0.1, -0.05) is 6.92 Å². The molecule has 0 saturated heterocycles. The first-order valence-electron chi connectivity index (χ1n) is 4.98. The summed E-state index contributed by atoms with van der Waals surface area (Å²) in [6, 6.07) is 0. The molecule has 0 aromatic rings. The van der Waals surface area contributed by atoms with E-state index in [2.05, 4.69) is 12.2 Å². The maximum Gasteiger partial charge on any atom is 0.0897 e. The molecule has 0 bridgehead atoms. The minimum atomic E-state index is -0.397. The fraction of sp³-hybridized carbons (Fsp3) is 1.00. The number of aliphatic hydroxyl groups excluding tert-OH is 1. The number of nitrogens with one attached hydrogen (secondary N) is 1. The number of aliphatic hydroxyl groups is 1. The van der Waals surface area contributed by atoms with E-state index in [0.29, 0.717) is 13.2 Å². The summed E-state index contributed by atoms with van der Waals surface area (Å²) in [5.74, 6) is 0. The van der Waals surface area contributed by atoms with E-state index >= 15 is 0 Å². The second-order valence-electron chi connectivity index (χ2n) is 4.28. The number of rotatable bonds is 6. The molecule has 0 radical (unpaired) electrons. The molecule has 0 aliphatic carbocycles. The third-order valence-corrected chi connectivity index (χ3v) is 1.52. The maximum atomic E-state index is 9.45. The monoisotopic (exact) mass is 189 g/mol. The Morgan fingerprint density at radius 2 is 2.00 bits per heavy atom. The minimum absolute atomic E-state index is 0.161. The Hall–Kier alpha value is -0.120. The average molecular weight is 189 g/mol. The smallest absolute Gasteiger partial charge is 0.0897 e. The van der Waals surface area contributed by atoms with Gasteiger partial charge < -0.3 is 15.2 Å². The van der Waals surface area contributed by atoms with Crippen molar-refractivity contribution in [3.8, 4) is 0 Å². The first-order valence-corrected chi connectivity index (χ1v) is 4.98. The molecular weight excluding hydrogens is 166 g/mol. The molecule has 0 aliphatic heterocycles. The third-order valence-electron chi connectivity index (χ3n) is 1.52. The summed E-state index contributed by atoms with van der Waals surface area (Å²) in [6.07, 6.45) is 0.693. The lowest BCUT2D eigenvalue weighted by Gasteiger charge is -2.22. The van der Waals surface area contributed by atoms with Gasteiger partial charge in [0, 0.05) is 6.54 Å². The Kier molecular flexibility index (Phi) is 6.29. The molecular formula is C10H23NO2. The van der Waals surface area contributed by atoms with Crippen LogP contribution < -0.4 is 5.32 Å². The molecule has 0 aromatic carbocycles. The van der Waals surface area contributed by atoms with Gasteiger partial charge in [-0.3, -0.25) is 0 Å². The van der Waals surface area contributed by atoms with E-state index in [1.807, 2.05) is 20.8 Å². The lowest BCUT2D eigenvalue weighted by molar-refractivity contribution is -0.0478. The molecule has 13 heavy (non-hydrogen) atoms. The second kappa shape index (κ2) is 6.35.